The van der Waals surface area contributed by atoms with Crippen LogP contribution in [0.3, 0.4) is 0 Å². The second-order valence-corrected chi connectivity index (χ2v) is 7.00. The topological polar surface area (TPSA) is 63.2 Å². The lowest BCUT2D eigenvalue weighted by atomic mass is 10.2. The molecule has 2 aromatic carbocycles. The Morgan fingerprint density at radius 1 is 1.14 bits per heavy atom. The molecule has 0 saturated heterocycles. The van der Waals surface area contributed by atoms with Crippen molar-refractivity contribution in [1.82, 2.24) is 0 Å². The van der Waals surface area contributed by atoms with Crippen LogP contribution in [0.4, 0.5) is 10.1 Å². The minimum atomic E-state index is -3.50. The number of hydrogen-bond donors (Lipinski definition) is 1. The number of aryl methyl sites for hydroxylation is 1. The van der Waals surface area contributed by atoms with Gasteiger partial charge < -0.3 is 5.32 Å². The molecule has 0 aliphatic rings. The van der Waals surface area contributed by atoms with Crippen molar-refractivity contribution >= 4 is 21.4 Å². The Morgan fingerprint density at radius 3 is 2.45 bits per heavy atom. The number of rotatable bonds is 5. The monoisotopic (exact) mass is 321 g/mol. The van der Waals surface area contributed by atoms with E-state index in [0.29, 0.717) is 11.3 Å². The Balaban J connectivity index is 1.97. The van der Waals surface area contributed by atoms with E-state index >= 15 is 0 Å². The van der Waals surface area contributed by atoms with Crippen LogP contribution in [0.5, 0.6) is 0 Å². The highest BCUT2D eigenvalue weighted by molar-refractivity contribution is 7.91. The van der Waals surface area contributed by atoms with E-state index in [1.807, 2.05) is 0 Å². The lowest BCUT2D eigenvalue weighted by Gasteiger charge is -2.07. The van der Waals surface area contributed by atoms with Gasteiger partial charge >= 0.3 is 0 Å². The summed E-state index contributed by atoms with van der Waals surface area (Å²) in [6.45, 7) is 1.62. The molecule has 2 rings (SSSR count). The Morgan fingerprint density at radius 2 is 1.82 bits per heavy atom. The molecule has 0 radical (unpaired) electrons. The summed E-state index contributed by atoms with van der Waals surface area (Å²) >= 11 is 0. The zero-order valence-electron chi connectivity index (χ0n) is 12.0. The number of sulfone groups is 1. The van der Waals surface area contributed by atoms with Gasteiger partial charge in [0.05, 0.1) is 10.6 Å². The van der Waals surface area contributed by atoms with Crippen molar-refractivity contribution in [2.45, 2.75) is 18.2 Å². The second-order valence-electron chi connectivity index (χ2n) is 4.89. The number of carbonyl (C=O) groups is 1. The summed E-state index contributed by atoms with van der Waals surface area (Å²) in [4.78, 5) is 12.0. The first kappa shape index (κ1) is 16.2. The summed E-state index contributed by atoms with van der Waals surface area (Å²) in [7, 11) is -3.50. The molecule has 2 aromatic rings. The summed E-state index contributed by atoms with van der Waals surface area (Å²) in [5.41, 5.74) is 0.787. The van der Waals surface area contributed by atoms with Gasteiger partial charge in [0.2, 0.25) is 5.91 Å². The standard InChI is InChI=1S/C16H16FNO3S/c1-12-7-8-13(11-15(12)17)18-16(19)9-10-22(20,21)14-5-3-2-4-6-14/h2-8,11H,9-10H2,1H3,(H,18,19). The van der Waals surface area contributed by atoms with E-state index in [-0.39, 0.29) is 17.1 Å². The van der Waals surface area contributed by atoms with Crippen molar-refractivity contribution in [3.8, 4) is 0 Å². The lowest BCUT2D eigenvalue weighted by Crippen LogP contribution is -2.17. The van der Waals surface area contributed by atoms with Gasteiger partial charge in [-0.3, -0.25) is 4.79 Å². The first-order valence-electron chi connectivity index (χ1n) is 6.72. The van der Waals surface area contributed by atoms with Crippen molar-refractivity contribution in [3.05, 3.63) is 59.9 Å². The summed E-state index contributed by atoms with van der Waals surface area (Å²) in [5.74, 6) is -1.19. The van der Waals surface area contributed by atoms with Crippen LogP contribution in [0, 0.1) is 12.7 Å². The minimum absolute atomic E-state index is 0.184. The molecule has 0 heterocycles. The quantitative estimate of drug-likeness (QED) is 0.921. The van der Waals surface area contributed by atoms with Crippen molar-refractivity contribution in [3.63, 3.8) is 0 Å². The van der Waals surface area contributed by atoms with Crippen LogP contribution < -0.4 is 5.32 Å². The van der Waals surface area contributed by atoms with Crippen LogP contribution >= 0.6 is 0 Å². The summed E-state index contributed by atoms with van der Waals surface area (Å²) in [6, 6.07) is 12.3. The molecular formula is C16H16FNO3S. The summed E-state index contributed by atoms with van der Waals surface area (Å²) in [5, 5.41) is 2.49. The molecule has 6 heteroatoms. The van der Waals surface area contributed by atoms with Crippen molar-refractivity contribution in [2.75, 3.05) is 11.1 Å². The van der Waals surface area contributed by atoms with Gasteiger partial charge in [0, 0.05) is 12.1 Å². The van der Waals surface area contributed by atoms with Crippen LogP contribution in [0.2, 0.25) is 0 Å². The van der Waals surface area contributed by atoms with Crippen LogP contribution in [0.1, 0.15) is 12.0 Å². The molecule has 4 nitrogen and oxygen atoms in total. The van der Waals surface area contributed by atoms with Crippen molar-refractivity contribution in [2.24, 2.45) is 0 Å². The van der Waals surface area contributed by atoms with Gasteiger partial charge in [-0.05, 0) is 36.8 Å². The average molecular weight is 321 g/mol. The molecule has 0 fully saturated rings. The molecule has 0 aliphatic carbocycles. The fourth-order valence-electron chi connectivity index (χ4n) is 1.87. The number of anilines is 1. The largest absolute Gasteiger partial charge is 0.326 e. The smallest absolute Gasteiger partial charge is 0.225 e. The highest BCUT2D eigenvalue weighted by Gasteiger charge is 2.16. The third-order valence-corrected chi connectivity index (χ3v) is 4.89. The number of hydrogen-bond acceptors (Lipinski definition) is 3. The van der Waals surface area contributed by atoms with Gasteiger partial charge in [0.1, 0.15) is 5.82 Å². The molecule has 0 aliphatic heterocycles. The SMILES string of the molecule is Cc1ccc(NC(=O)CCS(=O)(=O)c2ccccc2)cc1F. The van der Waals surface area contributed by atoms with E-state index in [1.165, 1.54) is 18.2 Å². The lowest BCUT2D eigenvalue weighted by molar-refractivity contribution is -0.115. The molecule has 0 bridgehead atoms. The van der Waals surface area contributed by atoms with E-state index in [4.69, 9.17) is 0 Å². The van der Waals surface area contributed by atoms with Crippen LogP contribution in [0.25, 0.3) is 0 Å². The van der Waals surface area contributed by atoms with Gasteiger partial charge in [0.15, 0.2) is 9.84 Å². The maximum absolute atomic E-state index is 13.4. The van der Waals surface area contributed by atoms with Crippen molar-refractivity contribution < 1.29 is 17.6 Å². The maximum Gasteiger partial charge on any atom is 0.225 e. The molecule has 0 unspecified atom stereocenters. The van der Waals surface area contributed by atoms with Gasteiger partial charge in [-0.15, -0.1) is 0 Å². The number of carbonyl (C=O) groups excluding carboxylic acids is 1. The molecule has 0 atom stereocenters. The fraction of sp³-hybridized carbons (Fsp3) is 0.188. The van der Waals surface area contributed by atoms with E-state index in [0.717, 1.165) is 0 Å². The third kappa shape index (κ3) is 4.14. The molecule has 0 saturated carbocycles. The Hall–Kier alpha value is -2.21. The second kappa shape index (κ2) is 6.70. The van der Waals surface area contributed by atoms with E-state index in [9.17, 15) is 17.6 Å². The average Bonchev–Trinajstić information content (AvgIpc) is 2.50. The first-order chi connectivity index (χ1) is 10.4. The number of nitrogens with one attached hydrogen (secondary N) is 1. The summed E-state index contributed by atoms with van der Waals surface area (Å²) in [6.07, 6.45) is -0.188. The van der Waals surface area contributed by atoms with Gasteiger partial charge in [-0.1, -0.05) is 24.3 Å². The van der Waals surface area contributed by atoms with Gasteiger partial charge in [-0.25, -0.2) is 12.8 Å². The Labute approximate surface area is 128 Å². The molecular weight excluding hydrogens is 305 g/mol. The zero-order valence-corrected chi connectivity index (χ0v) is 12.9. The molecule has 0 aromatic heterocycles. The molecule has 116 valence electrons. The normalized spacial score (nSPS) is 11.2. The van der Waals surface area contributed by atoms with Crippen LogP contribution in [0.15, 0.2) is 53.4 Å². The fourth-order valence-corrected chi connectivity index (χ4v) is 3.13. The van der Waals surface area contributed by atoms with E-state index < -0.39 is 21.6 Å². The highest BCUT2D eigenvalue weighted by Crippen LogP contribution is 2.15. The Bertz CT molecular complexity index is 773. The van der Waals surface area contributed by atoms with Crippen LogP contribution in [-0.4, -0.2) is 20.1 Å². The zero-order chi connectivity index (χ0) is 16.2. The number of halogens is 1. The molecule has 1 amide bonds. The van der Waals surface area contributed by atoms with Crippen LogP contribution in [-0.2, 0) is 14.6 Å². The summed E-state index contributed by atoms with van der Waals surface area (Å²) < 4.78 is 37.5. The maximum atomic E-state index is 13.4. The minimum Gasteiger partial charge on any atom is -0.326 e. The third-order valence-electron chi connectivity index (χ3n) is 3.16. The molecule has 0 spiro atoms. The van der Waals surface area contributed by atoms with Gasteiger partial charge in [-0.2, -0.15) is 0 Å². The molecule has 22 heavy (non-hydrogen) atoms. The van der Waals surface area contributed by atoms with E-state index in [2.05, 4.69) is 5.32 Å². The Kier molecular flexibility index (Phi) is 4.92. The number of benzene rings is 2. The first-order valence-corrected chi connectivity index (χ1v) is 8.37. The predicted octanol–water partition coefficient (Wildman–Crippen LogP) is 2.94. The highest BCUT2D eigenvalue weighted by atomic mass is 32.2. The number of amides is 1. The predicted molar refractivity (Wildman–Crippen MR) is 82.9 cm³/mol. The van der Waals surface area contributed by atoms with Crippen molar-refractivity contribution in [1.29, 1.82) is 0 Å². The molecule has 1 N–H and O–H groups in total. The van der Waals surface area contributed by atoms with Gasteiger partial charge in [0.25, 0.3) is 0 Å². The van der Waals surface area contributed by atoms with E-state index in [1.54, 1.807) is 37.3 Å².